The first-order valence-corrected chi connectivity index (χ1v) is 8.86. The molecular formula is C24H19N. The van der Waals surface area contributed by atoms with Crippen molar-refractivity contribution in [2.45, 2.75) is 12.8 Å². The van der Waals surface area contributed by atoms with Crippen LogP contribution in [0.15, 0.2) is 84.9 Å². The Labute approximate surface area is 147 Å². The van der Waals surface area contributed by atoms with E-state index in [9.17, 15) is 0 Å². The molecule has 0 saturated heterocycles. The second-order valence-corrected chi connectivity index (χ2v) is 6.57. The van der Waals surface area contributed by atoms with Crippen LogP contribution in [0, 0.1) is 0 Å². The van der Waals surface area contributed by atoms with E-state index in [1.807, 2.05) is 0 Å². The molecule has 0 fully saturated rings. The summed E-state index contributed by atoms with van der Waals surface area (Å²) in [6.45, 7) is 0. The summed E-state index contributed by atoms with van der Waals surface area (Å²) >= 11 is 0. The molecule has 0 saturated carbocycles. The molecule has 0 spiro atoms. The van der Waals surface area contributed by atoms with Crippen molar-refractivity contribution in [2.75, 3.05) is 0 Å². The summed E-state index contributed by atoms with van der Waals surface area (Å²) in [5, 5.41) is 1.35. The molecule has 4 aromatic rings. The van der Waals surface area contributed by atoms with E-state index in [0.29, 0.717) is 0 Å². The first-order chi connectivity index (χ1) is 12.4. The van der Waals surface area contributed by atoms with Gasteiger partial charge in [-0.2, -0.15) is 0 Å². The first kappa shape index (κ1) is 14.3. The van der Waals surface area contributed by atoms with Gasteiger partial charge >= 0.3 is 0 Å². The van der Waals surface area contributed by atoms with Crippen LogP contribution in [0.3, 0.4) is 0 Å². The SMILES string of the molecule is C1=Cc2c(n(-c3ccc(-c4ccccc4)cc3)c3ccccc23)CC1. The largest absolute Gasteiger partial charge is 0.313 e. The lowest BCUT2D eigenvalue weighted by Crippen LogP contribution is -2.02. The monoisotopic (exact) mass is 321 g/mol. The van der Waals surface area contributed by atoms with Gasteiger partial charge in [0.2, 0.25) is 0 Å². The van der Waals surface area contributed by atoms with E-state index >= 15 is 0 Å². The fraction of sp³-hybridized carbons (Fsp3) is 0.0833. The van der Waals surface area contributed by atoms with Crippen LogP contribution in [0.1, 0.15) is 17.7 Å². The number of hydrogen-bond donors (Lipinski definition) is 0. The van der Waals surface area contributed by atoms with E-state index in [1.165, 1.54) is 39.0 Å². The third-order valence-electron chi connectivity index (χ3n) is 5.08. The van der Waals surface area contributed by atoms with E-state index in [2.05, 4.69) is 95.6 Å². The van der Waals surface area contributed by atoms with Crippen LogP contribution < -0.4 is 0 Å². The van der Waals surface area contributed by atoms with Gasteiger partial charge in [0.15, 0.2) is 0 Å². The highest BCUT2D eigenvalue weighted by atomic mass is 15.0. The minimum atomic E-state index is 1.10. The Morgan fingerprint density at radius 2 is 1.40 bits per heavy atom. The maximum atomic E-state index is 2.43. The van der Waals surface area contributed by atoms with Crippen LogP contribution in [0.25, 0.3) is 33.8 Å². The Hall–Kier alpha value is -3.06. The second kappa shape index (κ2) is 5.78. The zero-order valence-electron chi connectivity index (χ0n) is 14.0. The molecule has 0 bridgehead atoms. The van der Waals surface area contributed by atoms with Crippen molar-refractivity contribution in [1.82, 2.24) is 4.57 Å². The van der Waals surface area contributed by atoms with Crippen LogP contribution in [-0.2, 0) is 6.42 Å². The van der Waals surface area contributed by atoms with E-state index in [4.69, 9.17) is 0 Å². The lowest BCUT2D eigenvalue weighted by molar-refractivity contribution is 0.888. The molecule has 120 valence electrons. The first-order valence-electron chi connectivity index (χ1n) is 8.86. The van der Waals surface area contributed by atoms with Crippen LogP contribution in [-0.4, -0.2) is 4.57 Å². The predicted molar refractivity (Wildman–Crippen MR) is 106 cm³/mol. The third kappa shape index (κ3) is 2.32. The molecule has 1 aliphatic rings. The number of para-hydroxylation sites is 1. The molecule has 0 N–H and O–H groups in total. The number of allylic oxidation sites excluding steroid dienone is 1. The molecule has 0 unspecified atom stereocenters. The number of aromatic nitrogens is 1. The van der Waals surface area contributed by atoms with Crippen LogP contribution >= 0.6 is 0 Å². The van der Waals surface area contributed by atoms with Crippen molar-refractivity contribution in [2.24, 2.45) is 0 Å². The minimum absolute atomic E-state index is 1.10. The lowest BCUT2D eigenvalue weighted by Gasteiger charge is -2.14. The number of rotatable bonds is 2. The summed E-state index contributed by atoms with van der Waals surface area (Å²) < 4.78 is 2.43. The van der Waals surface area contributed by atoms with Gasteiger partial charge < -0.3 is 4.57 Å². The Morgan fingerprint density at radius 1 is 0.680 bits per heavy atom. The van der Waals surface area contributed by atoms with Gasteiger partial charge in [-0.05, 0) is 42.2 Å². The summed E-state index contributed by atoms with van der Waals surface area (Å²) in [5.74, 6) is 0. The average molecular weight is 321 g/mol. The summed E-state index contributed by atoms with van der Waals surface area (Å²) in [7, 11) is 0. The van der Waals surface area contributed by atoms with E-state index in [-0.39, 0.29) is 0 Å². The predicted octanol–water partition coefficient (Wildman–Crippen LogP) is 6.26. The quantitative estimate of drug-likeness (QED) is 0.411. The lowest BCUT2D eigenvalue weighted by atomic mass is 10.0. The highest BCUT2D eigenvalue weighted by Gasteiger charge is 2.17. The molecule has 3 aromatic carbocycles. The van der Waals surface area contributed by atoms with Gasteiger partial charge in [0.05, 0.1) is 5.52 Å². The highest BCUT2D eigenvalue weighted by Crippen LogP contribution is 2.34. The average Bonchev–Trinajstić information content (AvgIpc) is 3.03. The van der Waals surface area contributed by atoms with Crippen LogP contribution in [0.4, 0.5) is 0 Å². The molecule has 0 radical (unpaired) electrons. The van der Waals surface area contributed by atoms with E-state index in [0.717, 1.165) is 12.8 Å². The molecule has 1 aromatic heterocycles. The van der Waals surface area contributed by atoms with Crippen LogP contribution in [0.2, 0.25) is 0 Å². The van der Waals surface area contributed by atoms with Crippen molar-refractivity contribution < 1.29 is 0 Å². The van der Waals surface area contributed by atoms with Crippen molar-refractivity contribution in [1.29, 1.82) is 0 Å². The molecule has 1 heteroatoms. The Balaban J connectivity index is 1.68. The standard InChI is InChI=1S/C24H19N/c1-2-8-18(9-3-1)19-14-16-20(17-15-19)25-23-12-6-4-10-21(23)22-11-5-7-13-24(22)25/h1-6,8-12,14-17H,7,13H2. The molecular weight excluding hydrogens is 302 g/mol. The van der Waals surface area contributed by atoms with Crippen molar-refractivity contribution in [3.8, 4) is 16.8 Å². The molecule has 1 heterocycles. The number of nitrogens with zero attached hydrogens (tertiary/aromatic N) is 1. The fourth-order valence-electron chi connectivity index (χ4n) is 3.90. The summed E-state index contributed by atoms with van der Waals surface area (Å²) in [4.78, 5) is 0. The summed E-state index contributed by atoms with van der Waals surface area (Å²) in [6.07, 6.45) is 6.79. The van der Waals surface area contributed by atoms with Gasteiger partial charge in [0, 0.05) is 22.3 Å². The molecule has 0 amide bonds. The smallest absolute Gasteiger partial charge is 0.0537 e. The molecule has 1 nitrogen and oxygen atoms in total. The normalized spacial score (nSPS) is 13.1. The van der Waals surface area contributed by atoms with Gasteiger partial charge in [-0.25, -0.2) is 0 Å². The van der Waals surface area contributed by atoms with Gasteiger partial charge in [-0.15, -0.1) is 0 Å². The van der Waals surface area contributed by atoms with Crippen LogP contribution in [0.5, 0.6) is 0 Å². The van der Waals surface area contributed by atoms with Gasteiger partial charge in [0.25, 0.3) is 0 Å². The maximum absolute atomic E-state index is 2.43. The molecule has 0 atom stereocenters. The molecule has 5 rings (SSSR count). The van der Waals surface area contributed by atoms with E-state index < -0.39 is 0 Å². The maximum Gasteiger partial charge on any atom is 0.0537 e. The summed E-state index contributed by atoms with van der Waals surface area (Å²) in [5.41, 5.74) is 7.87. The number of hydrogen-bond acceptors (Lipinski definition) is 0. The zero-order valence-corrected chi connectivity index (χ0v) is 14.0. The Kier molecular flexibility index (Phi) is 3.31. The number of fused-ring (bicyclic) bond motifs is 3. The van der Waals surface area contributed by atoms with Gasteiger partial charge in [-0.3, -0.25) is 0 Å². The topological polar surface area (TPSA) is 4.93 Å². The fourth-order valence-corrected chi connectivity index (χ4v) is 3.90. The molecule has 1 aliphatic carbocycles. The highest BCUT2D eigenvalue weighted by molar-refractivity contribution is 5.93. The van der Waals surface area contributed by atoms with Gasteiger partial charge in [-0.1, -0.05) is 72.8 Å². The molecule has 0 aliphatic heterocycles. The molecule has 25 heavy (non-hydrogen) atoms. The Bertz CT molecular complexity index is 1070. The van der Waals surface area contributed by atoms with E-state index in [1.54, 1.807) is 0 Å². The van der Waals surface area contributed by atoms with Crippen molar-refractivity contribution in [3.63, 3.8) is 0 Å². The number of benzene rings is 3. The zero-order chi connectivity index (χ0) is 16.6. The summed E-state index contributed by atoms with van der Waals surface area (Å²) in [6, 6.07) is 28.2. The second-order valence-electron chi connectivity index (χ2n) is 6.57. The van der Waals surface area contributed by atoms with Gasteiger partial charge in [0.1, 0.15) is 0 Å². The third-order valence-corrected chi connectivity index (χ3v) is 5.08. The van der Waals surface area contributed by atoms with Crippen molar-refractivity contribution in [3.05, 3.63) is 96.2 Å². The van der Waals surface area contributed by atoms with Crippen molar-refractivity contribution >= 4 is 17.0 Å². The minimum Gasteiger partial charge on any atom is -0.313 e. The Morgan fingerprint density at radius 3 is 2.24 bits per heavy atom.